The zero-order valence-corrected chi connectivity index (χ0v) is 19.3. The van der Waals surface area contributed by atoms with E-state index in [1.807, 2.05) is 24.0 Å². The van der Waals surface area contributed by atoms with Crippen molar-refractivity contribution in [1.82, 2.24) is 30.0 Å². The van der Waals surface area contributed by atoms with Gasteiger partial charge in [-0.2, -0.15) is 5.10 Å². The molecule has 9 heteroatoms. The van der Waals surface area contributed by atoms with Gasteiger partial charge in [0.05, 0.1) is 11.4 Å². The molecule has 5 heterocycles. The number of hydrogen-bond donors (Lipinski definition) is 2. The summed E-state index contributed by atoms with van der Waals surface area (Å²) in [5.41, 5.74) is 11.3. The highest BCUT2D eigenvalue weighted by molar-refractivity contribution is 5.75. The first-order valence-electron chi connectivity index (χ1n) is 12.0. The molecule has 2 unspecified atom stereocenters. The molecule has 1 aliphatic carbocycles. The van der Waals surface area contributed by atoms with Crippen molar-refractivity contribution in [2.45, 2.75) is 50.7 Å². The fraction of sp³-hybridized carbons (Fsp3) is 0.440. The van der Waals surface area contributed by atoms with Crippen LogP contribution in [0, 0.1) is 0 Å². The summed E-state index contributed by atoms with van der Waals surface area (Å²) in [6.07, 6.45) is 7.22. The predicted molar refractivity (Wildman–Crippen MR) is 127 cm³/mol. The van der Waals surface area contributed by atoms with Crippen LogP contribution >= 0.6 is 0 Å². The third-order valence-electron chi connectivity index (χ3n) is 7.45. The molecule has 0 aromatic carbocycles. The molecule has 9 nitrogen and oxygen atoms in total. The number of ether oxygens (including phenoxy) is 1. The number of likely N-dealkylation sites (tertiary alicyclic amines) is 1. The van der Waals surface area contributed by atoms with Gasteiger partial charge in [-0.25, -0.2) is 9.78 Å². The minimum absolute atomic E-state index is 0.0186. The van der Waals surface area contributed by atoms with Crippen LogP contribution in [0.4, 0.5) is 10.6 Å². The molecule has 3 aliphatic rings. The van der Waals surface area contributed by atoms with Crippen LogP contribution in [0.1, 0.15) is 49.2 Å². The van der Waals surface area contributed by atoms with Crippen LogP contribution in [0.15, 0.2) is 36.7 Å². The van der Waals surface area contributed by atoms with Crippen molar-refractivity contribution in [3.63, 3.8) is 0 Å². The number of carbonyl (C=O) groups is 1. The molecule has 2 amide bonds. The lowest BCUT2D eigenvalue weighted by Crippen LogP contribution is -2.40. The number of anilines is 1. The van der Waals surface area contributed by atoms with Crippen molar-refractivity contribution in [1.29, 1.82) is 0 Å². The first kappa shape index (κ1) is 20.9. The van der Waals surface area contributed by atoms with Gasteiger partial charge in [0.1, 0.15) is 6.10 Å². The van der Waals surface area contributed by atoms with Gasteiger partial charge in [-0.3, -0.25) is 9.67 Å². The monoisotopic (exact) mass is 459 g/mol. The topological polar surface area (TPSA) is 111 Å². The number of pyridine rings is 2. The van der Waals surface area contributed by atoms with E-state index in [1.54, 1.807) is 12.4 Å². The van der Waals surface area contributed by atoms with Crippen LogP contribution < -0.4 is 15.8 Å². The Kier molecular flexibility index (Phi) is 4.93. The fourth-order valence-corrected chi connectivity index (χ4v) is 5.66. The van der Waals surface area contributed by atoms with Gasteiger partial charge in [0.15, 0.2) is 11.6 Å². The highest BCUT2D eigenvalue weighted by Gasteiger charge is 2.46. The molecule has 1 fully saturated rings. The molecule has 176 valence electrons. The number of nitrogens with zero attached hydrogens (tertiary/aromatic N) is 5. The van der Waals surface area contributed by atoms with Gasteiger partial charge in [-0.15, -0.1) is 0 Å². The van der Waals surface area contributed by atoms with E-state index in [-0.39, 0.29) is 17.6 Å². The molecule has 1 saturated heterocycles. The Balaban J connectivity index is 1.25. The van der Waals surface area contributed by atoms with E-state index in [1.165, 1.54) is 11.3 Å². The molecule has 34 heavy (non-hydrogen) atoms. The average molecular weight is 460 g/mol. The van der Waals surface area contributed by atoms with Crippen molar-refractivity contribution in [2.75, 3.05) is 25.4 Å². The summed E-state index contributed by atoms with van der Waals surface area (Å²) < 4.78 is 8.38. The highest BCUT2D eigenvalue weighted by atomic mass is 16.5. The average Bonchev–Trinajstić information content (AvgIpc) is 3.61. The number of nitrogens with two attached hydrogens (primary N) is 1. The first-order chi connectivity index (χ1) is 16.6. The Morgan fingerprint density at radius 3 is 3.06 bits per heavy atom. The zero-order valence-electron chi connectivity index (χ0n) is 19.3. The summed E-state index contributed by atoms with van der Waals surface area (Å²) in [4.78, 5) is 23.2. The van der Waals surface area contributed by atoms with Gasteiger partial charge in [0, 0.05) is 55.2 Å². The lowest BCUT2D eigenvalue weighted by Gasteiger charge is -2.23. The second-order valence-corrected chi connectivity index (χ2v) is 9.48. The maximum absolute atomic E-state index is 12.4. The largest absolute Gasteiger partial charge is 0.480 e. The maximum Gasteiger partial charge on any atom is 0.317 e. The third kappa shape index (κ3) is 3.38. The SMILES string of the molecule is CCNC(=O)N1CCC2(CCn3nc(-c4cnc(N)c(OC5CCc6cccnc65)c4)cc32)C1. The van der Waals surface area contributed by atoms with E-state index in [0.717, 1.165) is 62.3 Å². The Bertz CT molecular complexity index is 1260. The Labute approximate surface area is 198 Å². The molecule has 6 rings (SSSR count). The molecule has 0 radical (unpaired) electrons. The van der Waals surface area contributed by atoms with Gasteiger partial charge in [-0.05, 0) is 56.4 Å². The molecular formula is C25H29N7O2. The van der Waals surface area contributed by atoms with Crippen molar-refractivity contribution >= 4 is 11.8 Å². The minimum Gasteiger partial charge on any atom is -0.480 e. The number of hydrogen-bond acceptors (Lipinski definition) is 6. The van der Waals surface area contributed by atoms with Crippen LogP contribution in [-0.4, -0.2) is 50.3 Å². The van der Waals surface area contributed by atoms with Crippen molar-refractivity contribution in [3.05, 3.63) is 53.6 Å². The summed E-state index contributed by atoms with van der Waals surface area (Å²) in [7, 11) is 0. The third-order valence-corrected chi connectivity index (χ3v) is 7.45. The highest BCUT2D eigenvalue weighted by Crippen LogP contribution is 2.44. The Morgan fingerprint density at radius 1 is 1.29 bits per heavy atom. The number of amides is 2. The van der Waals surface area contributed by atoms with Gasteiger partial charge < -0.3 is 20.7 Å². The normalized spacial score (nSPS) is 22.7. The van der Waals surface area contributed by atoms with E-state index in [2.05, 4.69) is 32.1 Å². The van der Waals surface area contributed by atoms with Crippen molar-refractivity contribution < 1.29 is 9.53 Å². The second-order valence-electron chi connectivity index (χ2n) is 9.48. The summed E-state index contributed by atoms with van der Waals surface area (Å²) in [6.45, 7) is 4.94. The maximum atomic E-state index is 12.4. The Hall–Kier alpha value is -3.62. The van der Waals surface area contributed by atoms with E-state index in [4.69, 9.17) is 15.6 Å². The Morgan fingerprint density at radius 2 is 2.18 bits per heavy atom. The molecule has 1 spiro atoms. The van der Waals surface area contributed by atoms with Crippen molar-refractivity contribution in [2.24, 2.45) is 0 Å². The van der Waals surface area contributed by atoms with Gasteiger partial charge >= 0.3 is 6.03 Å². The molecule has 2 aliphatic heterocycles. The number of aryl methyl sites for hydroxylation is 2. The van der Waals surface area contributed by atoms with Crippen LogP contribution in [-0.2, 0) is 18.4 Å². The van der Waals surface area contributed by atoms with Gasteiger partial charge in [0.25, 0.3) is 0 Å². The second kappa shape index (κ2) is 8.00. The van der Waals surface area contributed by atoms with E-state index < -0.39 is 0 Å². The molecular weight excluding hydrogens is 430 g/mol. The quantitative estimate of drug-likeness (QED) is 0.620. The number of urea groups is 1. The molecule has 3 aromatic heterocycles. The lowest BCUT2D eigenvalue weighted by atomic mass is 9.82. The number of rotatable bonds is 4. The molecule has 2 atom stereocenters. The summed E-state index contributed by atoms with van der Waals surface area (Å²) >= 11 is 0. The van der Waals surface area contributed by atoms with Crippen molar-refractivity contribution in [3.8, 4) is 17.0 Å². The summed E-state index contributed by atoms with van der Waals surface area (Å²) in [6, 6.07) is 8.16. The van der Waals surface area contributed by atoms with Gasteiger partial charge in [0.2, 0.25) is 0 Å². The smallest absolute Gasteiger partial charge is 0.317 e. The van der Waals surface area contributed by atoms with E-state index in [0.29, 0.717) is 18.1 Å². The summed E-state index contributed by atoms with van der Waals surface area (Å²) in [5.74, 6) is 0.928. The van der Waals surface area contributed by atoms with Crippen LogP contribution in [0.2, 0.25) is 0 Å². The summed E-state index contributed by atoms with van der Waals surface area (Å²) in [5, 5.41) is 7.80. The predicted octanol–water partition coefficient (Wildman–Crippen LogP) is 3.07. The van der Waals surface area contributed by atoms with Crippen LogP contribution in [0.25, 0.3) is 11.3 Å². The number of carbonyl (C=O) groups excluding carboxylic acids is 1. The molecule has 0 saturated carbocycles. The van der Waals surface area contributed by atoms with Gasteiger partial charge in [-0.1, -0.05) is 6.07 Å². The van der Waals surface area contributed by atoms with Crippen LogP contribution in [0.5, 0.6) is 5.75 Å². The lowest BCUT2D eigenvalue weighted by molar-refractivity contribution is 0.204. The minimum atomic E-state index is -0.121. The van der Waals surface area contributed by atoms with E-state index in [9.17, 15) is 4.79 Å². The number of aromatic nitrogens is 4. The molecule has 0 bridgehead atoms. The molecule has 3 N–H and O–H groups in total. The zero-order chi connectivity index (χ0) is 23.3. The first-order valence-corrected chi connectivity index (χ1v) is 12.0. The standard InChI is InChI=1S/C25H29N7O2/c1-2-27-24(33)31-10-7-25(15-31)8-11-32-21(25)13-18(30-32)17-12-20(23(26)29-14-17)34-19-6-5-16-4-3-9-28-22(16)19/h3-4,9,12-14,19H,2,5-8,10-11,15H2,1H3,(H2,26,29)(H,27,33). The molecule has 3 aromatic rings. The van der Waals surface area contributed by atoms with E-state index >= 15 is 0 Å². The fourth-order valence-electron chi connectivity index (χ4n) is 5.66. The number of nitrogen functional groups attached to an aromatic ring is 1. The number of fused-ring (bicyclic) bond motifs is 3. The van der Waals surface area contributed by atoms with Crippen LogP contribution in [0.3, 0.4) is 0 Å². The number of nitrogens with one attached hydrogen (secondary N) is 1.